The summed E-state index contributed by atoms with van der Waals surface area (Å²) in [7, 11) is 1.47. The van der Waals surface area contributed by atoms with Gasteiger partial charge in [0.2, 0.25) is 5.91 Å². The third kappa shape index (κ3) is 6.53. The van der Waals surface area contributed by atoms with E-state index in [0.29, 0.717) is 27.8 Å². The van der Waals surface area contributed by atoms with Crippen LogP contribution in [0.4, 0.5) is 10.5 Å². The van der Waals surface area contributed by atoms with Gasteiger partial charge in [0.15, 0.2) is 11.5 Å². The Bertz CT molecular complexity index is 1420. The van der Waals surface area contributed by atoms with Crippen LogP contribution in [0.3, 0.4) is 0 Å². The van der Waals surface area contributed by atoms with Crippen LogP contribution in [0.2, 0.25) is 5.02 Å². The van der Waals surface area contributed by atoms with Crippen LogP contribution in [0, 0.1) is 0 Å². The number of carboxylic acids is 1. The number of carbonyl (C=O) groups is 4. The Hall–Kier alpha value is -4.28. The number of benzene rings is 3. The van der Waals surface area contributed by atoms with Crippen LogP contribution in [0.25, 0.3) is 6.08 Å². The summed E-state index contributed by atoms with van der Waals surface area (Å²) in [6.07, 6.45) is 1.54. The predicted molar refractivity (Wildman–Crippen MR) is 143 cm³/mol. The van der Waals surface area contributed by atoms with E-state index in [1.807, 2.05) is 0 Å². The highest BCUT2D eigenvalue weighted by Gasteiger charge is 2.36. The second kappa shape index (κ2) is 11.8. The standard InChI is InChI=1S/C27H21ClN2O7S/c1-36-22-12-17(4-11-21(22)37-15-16-2-5-18(6-3-16)26(33)34)13-23-25(32)30(27(35)38-23)14-24(31)29-20-9-7-19(28)8-10-20/h2-13H,14-15H2,1H3,(H,29,31)(H,33,34)/b23-13-. The fraction of sp³-hybridized carbons (Fsp3) is 0.111. The van der Waals surface area contributed by atoms with Crippen molar-refractivity contribution in [3.8, 4) is 11.5 Å². The molecule has 38 heavy (non-hydrogen) atoms. The van der Waals surface area contributed by atoms with Crippen molar-refractivity contribution in [2.75, 3.05) is 19.0 Å². The topological polar surface area (TPSA) is 122 Å². The number of carbonyl (C=O) groups excluding carboxylic acids is 3. The molecule has 0 bridgehead atoms. The molecule has 0 atom stereocenters. The van der Waals surface area contributed by atoms with Gasteiger partial charge in [-0.2, -0.15) is 0 Å². The van der Waals surface area contributed by atoms with E-state index in [4.69, 9.17) is 26.2 Å². The number of rotatable bonds is 9. The number of hydrogen-bond acceptors (Lipinski definition) is 7. The second-order valence-electron chi connectivity index (χ2n) is 8.02. The third-order valence-corrected chi connectivity index (χ3v) is 6.54. The normalized spacial score (nSPS) is 14.1. The average molecular weight is 553 g/mol. The largest absolute Gasteiger partial charge is 0.493 e. The van der Waals surface area contributed by atoms with Gasteiger partial charge in [-0.05, 0) is 77.5 Å². The number of ether oxygens (including phenoxy) is 2. The van der Waals surface area contributed by atoms with Crippen molar-refractivity contribution in [3.63, 3.8) is 0 Å². The monoisotopic (exact) mass is 552 g/mol. The first-order chi connectivity index (χ1) is 18.2. The van der Waals surface area contributed by atoms with E-state index in [9.17, 15) is 19.2 Å². The molecule has 3 aromatic rings. The first kappa shape index (κ1) is 26.8. The molecular formula is C27H21ClN2O7S. The van der Waals surface area contributed by atoms with Crippen LogP contribution in [0.1, 0.15) is 21.5 Å². The first-order valence-electron chi connectivity index (χ1n) is 11.2. The summed E-state index contributed by atoms with van der Waals surface area (Å²) in [5, 5.41) is 11.6. The number of halogens is 1. The highest BCUT2D eigenvalue weighted by atomic mass is 35.5. The molecule has 1 aliphatic heterocycles. The number of carboxylic acid groups (broad SMARTS) is 1. The summed E-state index contributed by atoms with van der Waals surface area (Å²) < 4.78 is 11.2. The Labute approximate surface area is 227 Å². The van der Waals surface area contributed by atoms with Crippen LogP contribution < -0.4 is 14.8 Å². The molecule has 1 heterocycles. The van der Waals surface area contributed by atoms with E-state index in [1.165, 1.54) is 19.2 Å². The second-order valence-corrected chi connectivity index (χ2v) is 9.45. The Kier molecular flexibility index (Phi) is 8.35. The minimum atomic E-state index is -1.01. The number of nitrogens with zero attached hydrogens (tertiary/aromatic N) is 1. The molecule has 0 aliphatic carbocycles. The number of methoxy groups -OCH3 is 1. The van der Waals surface area contributed by atoms with Gasteiger partial charge in [0, 0.05) is 10.7 Å². The van der Waals surface area contributed by atoms with Gasteiger partial charge in [-0.25, -0.2) is 4.79 Å². The number of nitrogens with one attached hydrogen (secondary N) is 1. The highest BCUT2D eigenvalue weighted by Crippen LogP contribution is 2.34. The quantitative estimate of drug-likeness (QED) is 0.343. The van der Waals surface area contributed by atoms with Crippen molar-refractivity contribution >= 4 is 58.1 Å². The minimum Gasteiger partial charge on any atom is -0.493 e. The summed E-state index contributed by atoms with van der Waals surface area (Å²) in [6.45, 7) is -0.235. The van der Waals surface area contributed by atoms with Crippen LogP contribution >= 0.6 is 23.4 Å². The lowest BCUT2D eigenvalue weighted by Crippen LogP contribution is -2.36. The van der Waals surface area contributed by atoms with Crippen molar-refractivity contribution in [2.45, 2.75) is 6.61 Å². The SMILES string of the molecule is COc1cc(/C=C2\SC(=O)N(CC(=O)Nc3ccc(Cl)cc3)C2=O)ccc1OCc1ccc(C(=O)O)cc1. The molecule has 1 saturated heterocycles. The number of hydrogen-bond donors (Lipinski definition) is 2. The molecule has 0 saturated carbocycles. The Morgan fingerprint density at radius 1 is 1.03 bits per heavy atom. The zero-order valence-electron chi connectivity index (χ0n) is 20.0. The molecule has 11 heteroatoms. The number of aromatic carboxylic acids is 1. The molecule has 2 N–H and O–H groups in total. The maximum absolute atomic E-state index is 12.8. The molecule has 194 valence electrons. The molecule has 9 nitrogen and oxygen atoms in total. The van der Waals surface area contributed by atoms with Gasteiger partial charge in [0.25, 0.3) is 11.1 Å². The average Bonchev–Trinajstić information content (AvgIpc) is 3.16. The molecule has 1 aliphatic rings. The molecule has 1 fully saturated rings. The molecule has 0 unspecified atom stereocenters. The zero-order valence-corrected chi connectivity index (χ0v) is 21.5. The van der Waals surface area contributed by atoms with E-state index in [-0.39, 0.29) is 17.1 Å². The number of thioether (sulfide) groups is 1. The summed E-state index contributed by atoms with van der Waals surface area (Å²) >= 11 is 6.58. The van der Waals surface area contributed by atoms with Crippen LogP contribution in [-0.2, 0) is 16.2 Å². The molecule has 3 amide bonds. The Balaban J connectivity index is 1.41. The van der Waals surface area contributed by atoms with Crippen molar-refractivity contribution in [1.29, 1.82) is 0 Å². The third-order valence-electron chi connectivity index (χ3n) is 5.38. The fourth-order valence-corrected chi connectivity index (χ4v) is 4.43. The molecule has 0 radical (unpaired) electrons. The lowest BCUT2D eigenvalue weighted by atomic mass is 10.1. The summed E-state index contributed by atoms with van der Waals surface area (Å²) in [5.74, 6) is -1.25. The van der Waals surface area contributed by atoms with Crippen LogP contribution in [0.5, 0.6) is 11.5 Å². The number of amides is 3. The Morgan fingerprint density at radius 2 is 1.74 bits per heavy atom. The van der Waals surface area contributed by atoms with E-state index in [1.54, 1.807) is 60.7 Å². The van der Waals surface area contributed by atoms with Gasteiger partial charge in [-0.1, -0.05) is 29.8 Å². The maximum Gasteiger partial charge on any atom is 0.335 e. The van der Waals surface area contributed by atoms with E-state index in [0.717, 1.165) is 22.2 Å². The van der Waals surface area contributed by atoms with Crippen molar-refractivity contribution < 1.29 is 33.8 Å². The van der Waals surface area contributed by atoms with Gasteiger partial charge in [-0.3, -0.25) is 19.3 Å². The molecule has 3 aromatic carbocycles. The van der Waals surface area contributed by atoms with Gasteiger partial charge in [0.1, 0.15) is 13.2 Å². The van der Waals surface area contributed by atoms with E-state index < -0.39 is 29.6 Å². The smallest absolute Gasteiger partial charge is 0.335 e. The zero-order chi connectivity index (χ0) is 27.2. The molecule has 0 aromatic heterocycles. The molecule has 4 rings (SSSR count). The first-order valence-corrected chi connectivity index (χ1v) is 12.4. The predicted octanol–water partition coefficient (Wildman–Crippen LogP) is 5.30. The molecular weight excluding hydrogens is 532 g/mol. The minimum absolute atomic E-state index is 0.170. The van der Waals surface area contributed by atoms with Crippen molar-refractivity contribution in [2.24, 2.45) is 0 Å². The van der Waals surface area contributed by atoms with Gasteiger partial charge >= 0.3 is 5.97 Å². The summed E-state index contributed by atoms with van der Waals surface area (Å²) in [4.78, 5) is 49.7. The van der Waals surface area contributed by atoms with Crippen LogP contribution in [0.15, 0.2) is 71.6 Å². The number of anilines is 1. The Morgan fingerprint density at radius 3 is 2.39 bits per heavy atom. The summed E-state index contributed by atoms with van der Waals surface area (Å²) in [5.41, 5.74) is 2.04. The number of imide groups is 1. The van der Waals surface area contributed by atoms with Crippen molar-refractivity contribution in [3.05, 3.63) is 93.3 Å². The lowest BCUT2D eigenvalue weighted by Gasteiger charge is -2.13. The van der Waals surface area contributed by atoms with Gasteiger partial charge in [0.05, 0.1) is 17.6 Å². The van der Waals surface area contributed by atoms with E-state index >= 15 is 0 Å². The van der Waals surface area contributed by atoms with E-state index in [2.05, 4.69) is 5.32 Å². The highest BCUT2D eigenvalue weighted by molar-refractivity contribution is 8.18. The van der Waals surface area contributed by atoms with Crippen LogP contribution in [-0.4, -0.2) is 46.7 Å². The molecule has 0 spiro atoms. The lowest BCUT2D eigenvalue weighted by molar-refractivity contribution is -0.127. The maximum atomic E-state index is 12.8. The van der Waals surface area contributed by atoms with Gasteiger partial charge < -0.3 is 19.9 Å². The summed E-state index contributed by atoms with van der Waals surface area (Å²) in [6, 6.07) is 17.8. The van der Waals surface area contributed by atoms with Crippen molar-refractivity contribution in [1.82, 2.24) is 4.90 Å². The van der Waals surface area contributed by atoms with Gasteiger partial charge in [-0.15, -0.1) is 0 Å². The fourth-order valence-electron chi connectivity index (χ4n) is 3.46.